The molecule has 32 heavy (non-hydrogen) atoms. The highest BCUT2D eigenvalue weighted by Gasteiger charge is 2.32. The normalized spacial score (nSPS) is 14.7. The predicted molar refractivity (Wildman–Crippen MR) is 121 cm³/mol. The molecule has 1 N–H and O–H groups in total. The number of nitrogens with zero attached hydrogens (tertiary/aromatic N) is 3. The van der Waals surface area contributed by atoms with E-state index in [9.17, 15) is 14.4 Å². The first-order valence-electron chi connectivity index (χ1n) is 10.4. The summed E-state index contributed by atoms with van der Waals surface area (Å²) < 4.78 is 6.30. The number of hydrogen-bond donors (Lipinski definition) is 1. The Labute approximate surface area is 185 Å². The van der Waals surface area contributed by atoms with Crippen molar-refractivity contribution in [3.63, 3.8) is 0 Å². The van der Waals surface area contributed by atoms with Gasteiger partial charge < -0.3 is 15.0 Å². The van der Waals surface area contributed by atoms with Crippen LogP contribution in [-0.2, 0) is 17.8 Å². The molecule has 0 saturated carbocycles. The molecule has 2 amide bonds. The van der Waals surface area contributed by atoms with Gasteiger partial charge in [-0.3, -0.25) is 14.4 Å². The molecule has 0 bridgehead atoms. The van der Waals surface area contributed by atoms with Crippen LogP contribution in [0.4, 0.5) is 11.4 Å². The highest BCUT2D eigenvalue weighted by Crippen LogP contribution is 2.32. The highest BCUT2D eigenvalue weighted by atomic mass is 16.5. The van der Waals surface area contributed by atoms with Crippen LogP contribution in [0.3, 0.4) is 0 Å². The first-order chi connectivity index (χ1) is 15.5. The molecule has 0 saturated heterocycles. The van der Waals surface area contributed by atoms with E-state index in [4.69, 9.17) is 4.74 Å². The third-order valence-corrected chi connectivity index (χ3v) is 5.42. The SMILES string of the molecule is COc1cccc(NC(=O)CCn2nc(C(=O)N3c4ccccc4CC3C)ccc2=O)c1. The second-order valence-corrected chi connectivity index (χ2v) is 7.67. The van der Waals surface area contributed by atoms with Gasteiger partial charge in [0.05, 0.1) is 13.7 Å². The second kappa shape index (κ2) is 9.05. The van der Waals surface area contributed by atoms with Crippen LogP contribution in [-0.4, -0.2) is 34.7 Å². The number of carbonyl (C=O) groups excluding carboxylic acids is 2. The van der Waals surface area contributed by atoms with E-state index >= 15 is 0 Å². The molecule has 2 aromatic carbocycles. The summed E-state index contributed by atoms with van der Waals surface area (Å²) >= 11 is 0. The zero-order chi connectivity index (χ0) is 22.7. The van der Waals surface area contributed by atoms with E-state index in [-0.39, 0.29) is 42.1 Å². The monoisotopic (exact) mass is 432 g/mol. The molecule has 8 nitrogen and oxygen atoms in total. The lowest BCUT2D eigenvalue weighted by Gasteiger charge is -2.22. The fraction of sp³-hybridized carbons (Fsp3) is 0.250. The maximum Gasteiger partial charge on any atom is 0.278 e. The average Bonchev–Trinajstić information content (AvgIpc) is 3.13. The number of para-hydroxylation sites is 1. The number of fused-ring (bicyclic) bond motifs is 1. The van der Waals surface area contributed by atoms with Crippen molar-refractivity contribution in [1.82, 2.24) is 9.78 Å². The largest absolute Gasteiger partial charge is 0.497 e. The third-order valence-electron chi connectivity index (χ3n) is 5.42. The molecule has 8 heteroatoms. The van der Waals surface area contributed by atoms with Gasteiger partial charge in [-0.1, -0.05) is 24.3 Å². The average molecular weight is 432 g/mol. The Morgan fingerprint density at radius 3 is 2.75 bits per heavy atom. The first-order valence-corrected chi connectivity index (χ1v) is 10.4. The number of aromatic nitrogens is 2. The highest BCUT2D eigenvalue weighted by molar-refractivity contribution is 6.06. The molecule has 1 aliphatic heterocycles. The van der Waals surface area contributed by atoms with Gasteiger partial charge >= 0.3 is 0 Å². The van der Waals surface area contributed by atoms with Crippen LogP contribution in [0.25, 0.3) is 0 Å². The Balaban J connectivity index is 1.46. The molecule has 0 radical (unpaired) electrons. The van der Waals surface area contributed by atoms with Gasteiger partial charge in [-0.15, -0.1) is 0 Å². The molecule has 4 rings (SSSR count). The first kappa shape index (κ1) is 21.3. The molecule has 2 heterocycles. The van der Waals surface area contributed by atoms with Crippen molar-refractivity contribution < 1.29 is 14.3 Å². The summed E-state index contributed by atoms with van der Waals surface area (Å²) in [5, 5.41) is 7.01. The van der Waals surface area contributed by atoms with Crippen molar-refractivity contribution in [2.24, 2.45) is 0 Å². The molecule has 1 unspecified atom stereocenters. The molecule has 1 atom stereocenters. The maximum atomic E-state index is 13.2. The van der Waals surface area contributed by atoms with E-state index in [1.165, 1.54) is 12.1 Å². The van der Waals surface area contributed by atoms with Crippen LogP contribution in [0.15, 0.2) is 65.5 Å². The minimum atomic E-state index is -0.370. The smallest absolute Gasteiger partial charge is 0.278 e. The van der Waals surface area contributed by atoms with Crippen LogP contribution >= 0.6 is 0 Å². The van der Waals surface area contributed by atoms with Crippen molar-refractivity contribution in [2.75, 3.05) is 17.3 Å². The Hall–Kier alpha value is -3.94. The lowest BCUT2D eigenvalue weighted by molar-refractivity contribution is -0.116. The standard InChI is InChI=1S/C24H24N4O4/c1-16-14-17-6-3-4-9-21(17)28(16)24(31)20-10-11-23(30)27(26-20)13-12-22(29)25-18-7-5-8-19(15-18)32-2/h3-11,15-16H,12-14H2,1-2H3,(H,25,29). The van der Waals surface area contributed by atoms with Crippen molar-refractivity contribution in [3.8, 4) is 5.75 Å². The number of methoxy groups -OCH3 is 1. The van der Waals surface area contributed by atoms with Crippen LogP contribution in [0.1, 0.15) is 29.4 Å². The number of amides is 2. The van der Waals surface area contributed by atoms with Crippen LogP contribution in [0.2, 0.25) is 0 Å². The second-order valence-electron chi connectivity index (χ2n) is 7.67. The topological polar surface area (TPSA) is 93.5 Å². The van der Waals surface area contributed by atoms with Crippen molar-refractivity contribution in [2.45, 2.75) is 32.4 Å². The summed E-state index contributed by atoms with van der Waals surface area (Å²) in [4.78, 5) is 39.5. The van der Waals surface area contributed by atoms with Crippen LogP contribution in [0.5, 0.6) is 5.75 Å². The van der Waals surface area contributed by atoms with E-state index in [2.05, 4.69) is 10.4 Å². The number of aryl methyl sites for hydroxylation is 1. The van der Waals surface area contributed by atoms with Gasteiger partial charge in [0.2, 0.25) is 5.91 Å². The summed E-state index contributed by atoms with van der Waals surface area (Å²) in [6, 6.07) is 17.5. The molecule has 0 aliphatic carbocycles. The minimum absolute atomic E-state index is 0.00396. The summed E-state index contributed by atoms with van der Waals surface area (Å²) in [7, 11) is 1.55. The zero-order valence-electron chi connectivity index (χ0n) is 17.9. The lowest BCUT2D eigenvalue weighted by Crippen LogP contribution is -2.37. The fourth-order valence-electron chi connectivity index (χ4n) is 3.85. The third kappa shape index (κ3) is 4.39. The molecule has 1 aliphatic rings. The van der Waals surface area contributed by atoms with Crippen LogP contribution < -0.4 is 20.5 Å². The number of hydrogen-bond acceptors (Lipinski definition) is 5. The Morgan fingerprint density at radius 1 is 1.12 bits per heavy atom. The Kier molecular flexibility index (Phi) is 6.02. The van der Waals surface area contributed by atoms with Crippen LogP contribution in [0, 0.1) is 0 Å². The van der Waals surface area contributed by atoms with Crippen molar-refractivity contribution >= 4 is 23.2 Å². The minimum Gasteiger partial charge on any atom is -0.497 e. The van der Waals surface area contributed by atoms with E-state index in [1.807, 2.05) is 31.2 Å². The van der Waals surface area contributed by atoms with E-state index in [0.29, 0.717) is 11.4 Å². The number of benzene rings is 2. The number of ether oxygens (including phenoxy) is 1. The fourth-order valence-corrected chi connectivity index (χ4v) is 3.85. The summed E-state index contributed by atoms with van der Waals surface area (Å²) in [6.07, 6.45) is 0.802. The van der Waals surface area contributed by atoms with Gasteiger partial charge in [-0.2, -0.15) is 5.10 Å². The lowest BCUT2D eigenvalue weighted by atomic mass is 10.1. The van der Waals surface area contributed by atoms with E-state index in [1.54, 1.807) is 36.3 Å². The Morgan fingerprint density at radius 2 is 1.94 bits per heavy atom. The molecular weight excluding hydrogens is 408 g/mol. The molecule has 1 aromatic heterocycles. The predicted octanol–water partition coefficient (Wildman–Crippen LogP) is 2.87. The quantitative estimate of drug-likeness (QED) is 0.647. The van der Waals surface area contributed by atoms with Gasteiger partial charge in [0.1, 0.15) is 11.4 Å². The van der Waals surface area contributed by atoms with Crippen molar-refractivity contribution in [1.29, 1.82) is 0 Å². The maximum absolute atomic E-state index is 13.2. The summed E-state index contributed by atoms with van der Waals surface area (Å²) in [5.74, 6) is 0.0902. The Bertz CT molecular complexity index is 1220. The number of carbonyl (C=O) groups is 2. The summed E-state index contributed by atoms with van der Waals surface area (Å²) in [5.41, 5.74) is 2.37. The number of nitrogens with one attached hydrogen (secondary N) is 1. The van der Waals surface area contributed by atoms with Crippen molar-refractivity contribution in [3.05, 3.63) is 82.3 Å². The number of rotatable bonds is 6. The van der Waals surface area contributed by atoms with Gasteiger partial charge in [-0.25, -0.2) is 4.68 Å². The van der Waals surface area contributed by atoms with Gasteiger partial charge in [0.25, 0.3) is 11.5 Å². The zero-order valence-corrected chi connectivity index (χ0v) is 17.9. The molecular formula is C24H24N4O4. The molecule has 0 spiro atoms. The van der Waals surface area contributed by atoms with Gasteiger partial charge in [-0.05, 0) is 43.2 Å². The van der Waals surface area contributed by atoms with E-state index in [0.717, 1.165) is 22.4 Å². The number of anilines is 2. The van der Waals surface area contributed by atoms with E-state index < -0.39 is 0 Å². The molecule has 164 valence electrons. The van der Waals surface area contributed by atoms with Gasteiger partial charge in [0.15, 0.2) is 0 Å². The molecule has 3 aromatic rings. The van der Waals surface area contributed by atoms with Gasteiger partial charge in [0, 0.05) is 36.0 Å². The molecule has 0 fully saturated rings. The summed E-state index contributed by atoms with van der Waals surface area (Å²) in [6.45, 7) is 2.04.